The minimum atomic E-state index is 0.473. The summed E-state index contributed by atoms with van der Waals surface area (Å²) < 4.78 is 1.05. The van der Waals surface area contributed by atoms with Gasteiger partial charge in [0, 0.05) is 23.1 Å². The molecular formula is C11H8BrN3. The SMILES string of the molecule is Brc1ccc(/C=N/c2ncccn2)cc1. The second-order valence-corrected chi connectivity index (χ2v) is 3.77. The van der Waals surface area contributed by atoms with Crippen molar-refractivity contribution in [3.8, 4) is 0 Å². The van der Waals surface area contributed by atoms with E-state index in [9.17, 15) is 0 Å². The van der Waals surface area contributed by atoms with Gasteiger partial charge in [-0.1, -0.05) is 28.1 Å². The van der Waals surface area contributed by atoms with Crippen LogP contribution in [0.5, 0.6) is 0 Å². The molecule has 3 nitrogen and oxygen atoms in total. The highest BCUT2D eigenvalue weighted by atomic mass is 79.9. The van der Waals surface area contributed by atoms with Crippen molar-refractivity contribution < 1.29 is 0 Å². The predicted molar refractivity (Wildman–Crippen MR) is 63.4 cm³/mol. The molecule has 0 saturated heterocycles. The third kappa shape index (κ3) is 2.95. The van der Waals surface area contributed by atoms with Gasteiger partial charge in [0.25, 0.3) is 0 Å². The van der Waals surface area contributed by atoms with Gasteiger partial charge in [-0.2, -0.15) is 0 Å². The minimum Gasteiger partial charge on any atom is -0.220 e. The summed E-state index contributed by atoms with van der Waals surface area (Å²) in [5.41, 5.74) is 1.02. The normalized spacial score (nSPS) is 10.7. The zero-order valence-corrected chi connectivity index (χ0v) is 9.42. The summed E-state index contributed by atoms with van der Waals surface area (Å²) in [7, 11) is 0. The number of aliphatic imine (C=N–C) groups is 1. The van der Waals surface area contributed by atoms with Crippen LogP contribution in [-0.4, -0.2) is 16.2 Å². The lowest BCUT2D eigenvalue weighted by atomic mass is 10.2. The Morgan fingerprint density at radius 1 is 1.07 bits per heavy atom. The molecular weight excluding hydrogens is 254 g/mol. The van der Waals surface area contributed by atoms with E-state index in [1.807, 2.05) is 24.3 Å². The molecule has 74 valence electrons. The summed E-state index contributed by atoms with van der Waals surface area (Å²) in [6.45, 7) is 0. The quantitative estimate of drug-likeness (QED) is 0.780. The van der Waals surface area contributed by atoms with Crippen LogP contribution in [-0.2, 0) is 0 Å². The van der Waals surface area contributed by atoms with Crippen LogP contribution in [0.2, 0.25) is 0 Å². The molecule has 0 saturated carbocycles. The number of benzene rings is 1. The smallest absolute Gasteiger partial charge is 0.220 e. The number of hydrogen-bond acceptors (Lipinski definition) is 3. The fraction of sp³-hybridized carbons (Fsp3) is 0. The highest BCUT2D eigenvalue weighted by Gasteiger charge is 1.90. The van der Waals surface area contributed by atoms with Gasteiger partial charge in [0.1, 0.15) is 0 Å². The molecule has 1 heterocycles. The van der Waals surface area contributed by atoms with Crippen molar-refractivity contribution in [2.24, 2.45) is 4.99 Å². The first-order chi connectivity index (χ1) is 7.34. The van der Waals surface area contributed by atoms with Gasteiger partial charge in [0.05, 0.1) is 0 Å². The molecule has 15 heavy (non-hydrogen) atoms. The Hall–Kier alpha value is -1.55. The zero-order valence-electron chi connectivity index (χ0n) is 7.84. The van der Waals surface area contributed by atoms with Crippen LogP contribution < -0.4 is 0 Å². The highest BCUT2D eigenvalue weighted by Crippen LogP contribution is 2.09. The van der Waals surface area contributed by atoms with E-state index in [-0.39, 0.29) is 0 Å². The van der Waals surface area contributed by atoms with Gasteiger partial charge in [0.2, 0.25) is 5.95 Å². The Balaban J connectivity index is 2.15. The monoisotopic (exact) mass is 261 g/mol. The molecule has 4 heteroatoms. The lowest BCUT2D eigenvalue weighted by Gasteiger charge is -1.93. The fourth-order valence-electron chi connectivity index (χ4n) is 1.04. The molecule has 0 aliphatic heterocycles. The van der Waals surface area contributed by atoms with Crippen LogP contribution in [0.4, 0.5) is 5.95 Å². The highest BCUT2D eigenvalue weighted by molar-refractivity contribution is 9.10. The van der Waals surface area contributed by atoms with E-state index in [1.54, 1.807) is 24.7 Å². The van der Waals surface area contributed by atoms with E-state index < -0.39 is 0 Å². The Labute approximate surface area is 96.1 Å². The molecule has 0 aliphatic carbocycles. The van der Waals surface area contributed by atoms with Crippen LogP contribution in [0, 0.1) is 0 Å². The Morgan fingerprint density at radius 2 is 1.73 bits per heavy atom. The van der Waals surface area contributed by atoms with Gasteiger partial charge in [-0.25, -0.2) is 15.0 Å². The molecule has 0 aliphatic rings. The minimum absolute atomic E-state index is 0.473. The first kappa shape index (κ1) is 9.98. The maximum absolute atomic E-state index is 4.14. The maximum Gasteiger partial charge on any atom is 0.249 e. The standard InChI is InChI=1S/C11H8BrN3/c12-10-4-2-9(3-5-10)8-15-11-13-6-1-7-14-11/h1-8H/b15-8+. The number of aromatic nitrogens is 2. The molecule has 0 bridgehead atoms. The Kier molecular flexibility index (Phi) is 3.19. The second-order valence-electron chi connectivity index (χ2n) is 2.86. The number of nitrogens with zero attached hydrogens (tertiary/aromatic N) is 3. The molecule has 0 N–H and O–H groups in total. The van der Waals surface area contributed by atoms with Gasteiger partial charge >= 0.3 is 0 Å². The Bertz CT molecular complexity index is 451. The van der Waals surface area contributed by atoms with Crippen molar-refractivity contribution >= 4 is 28.1 Å². The van der Waals surface area contributed by atoms with E-state index in [1.165, 1.54) is 0 Å². The van der Waals surface area contributed by atoms with Gasteiger partial charge in [-0.3, -0.25) is 0 Å². The summed E-state index contributed by atoms with van der Waals surface area (Å²) in [6, 6.07) is 9.63. The average Bonchev–Trinajstić information content (AvgIpc) is 2.30. The van der Waals surface area contributed by atoms with Gasteiger partial charge in [0.15, 0.2) is 0 Å². The summed E-state index contributed by atoms with van der Waals surface area (Å²) in [6.07, 6.45) is 5.07. The van der Waals surface area contributed by atoms with Crippen molar-refractivity contribution in [2.75, 3.05) is 0 Å². The third-order valence-corrected chi connectivity index (χ3v) is 2.28. The number of halogens is 1. The summed E-state index contributed by atoms with van der Waals surface area (Å²) in [4.78, 5) is 12.1. The Morgan fingerprint density at radius 3 is 2.40 bits per heavy atom. The van der Waals surface area contributed by atoms with Gasteiger partial charge in [-0.05, 0) is 23.8 Å². The van der Waals surface area contributed by atoms with E-state index in [0.29, 0.717) is 5.95 Å². The van der Waals surface area contributed by atoms with Crippen molar-refractivity contribution in [2.45, 2.75) is 0 Å². The van der Waals surface area contributed by atoms with Crippen LogP contribution >= 0.6 is 15.9 Å². The fourth-order valence-corrected chi connectivity index (χ4v) is 1.30. The summed E-state index contributed by atoms with van der Waals surface area (Å²) in [5, 5.41) is 0. The largest absolute Gasteiger partial charge is 0.249 e. The van der Waals surface area contributed by atoms with Gasteiger partial charge in [-0.15, -0.1) is 0 Å². The average molecular weight is 262 g/mol. The van der Waals surface area contributed by atoms with Crippen molar-refractivity contribution in [3.05, 3.63) is 52.8 Å². The lowest BCUT2D eigenvalue weighted by Crippen LogP contribution is -1.82. The lowest BCUT2D eigenvalue weighted by molar-refractivity contribution is 1.14. The second kappa shape index (κ2) is 4.79. The molecule has 0 fully saturated rings. The third-order valence-electron chi connectivity index (χ3n) is 1.75. The molecule has 1 aromatic heterocycles. The van der Waals surface area contributed by atoms with E-state index >= 15 is 0 Å². The summed E-state index contributed by atoms with van der Waals surface area (Å²) >= 11 is 3.37. The van der Waals surface area contributed by atoms with E-state index in [2.05, 4.69) is 30.9 Å². The van der Waals surface area contributed by atoms with Crippen LogP contribution in [0.1, 0.15) is 5.56 Å². The van der Waals surface area contributed by atoms with E-state index in [4.69, 9.17) is 0 Å². The molecule has 2 aromatic rings. The van der Waals surface area contributed by atoms with Crippen molar-refractivity contribution in [1.29, 1.82) is 0 Å². The molecule has 0 amide bonds. The topological polar surface area (TPSA) is 38.1 Å². The zero-order chi connectivity index (χ0) is 10.5. The molecule has 0 spiro atoms. The van der Waals surface area contributed by atoms with E-state index in [0.717, 1.165) is 10.0 Å². The first-order valence-corrected chi connectivity index (χ1v) is 5.20. The molecule has 2 rings (SSSR count). The van der Waals surface area contributed by atoms with Crippen LogP contribution in [0.3, 0.4) is 0 Å². The number of hydrogen-bond donors (Lipinski definition) is 0. The molecule has 0 atom stereocenters. The number of rotatable bonds is 2. The maximum atomic E-state index is 4.14. The molecule has 0 radical (unpaired) electrons. The molecule has 1 aromatic carbocycles. The van der Waals surface area contributed by atoms with Gasteiger partial charge < -0.3 is 0 Å². The van der Waals surface area contributed by atoms with Crippen molar-refractivity contribution in [1.82, 2.24) is 9.97 Å². The van der Waals surface area contributed by atoms with Crippen molar-refractivity contribution in [3.63, 3.8) is 0 Å². The first-order valence-electron chi connectivity index (χ1n) is 4.41. The van der Waals surface area contributed by atoms with Crippen LogP contribution in [0.25, 0.3) is 0 Å². The molecule has 0 unspecified atom stereocenters. The summed E-state index contributed by atoms with van der Waals surface area (Å²) in [5.74, 6) is 0.473. The van der Waals surface area contributed by atoms with Crippen LogP contribution in [0.15, 0.2) is 52.2 Å². The predicted octanol–water partition coefficient (Wildman–Crippen LogP) is 2.99.